The average Bonchev–Trinajstić information content (AvgIpc) is 2.91. The van der Waals surface area contributed by atoms with Gasteiger partial charge in [0.05, 0.1) is 11.4 Å². The molecule has 0 fully saturated rings. The van der Waals surface area contributed by atoms with Crippen LogP contribution in [0.3, 0.4) is 0 Å². The van der Waals surface area contributed by atoms with E-state index in [-0.39, 0.29) is 0 Å². The molecule has 0 spiro atoms. The standard InChI is InChI=1S/C16H13N3O2/c1-12-16(13-6-3-2-4-7-13)18-19(17-12)14-8-5-9-15(10-14)21-11-20/h2-11H,1H3. The number of hydrogen-bond donors (Lipinski definition) is 0. The Hall–Kier alpha value is -2.95. The summed E-state index contributed by atoms with van der Waals surface area (Å²) < 4.78 is 4.84. The number of hydrogen-bond acceptors (Lipinski definition) is 4. The Morgan fingerprint density at radius 1 is 1.05 bits per heavy atom. The van der Waals surface area contributed by atoms with E-state index in [0.717, 1.165) is 22.6 Å². The topological polar surface area (TPSA) is 57.0 Å². The summed E-state index contributed by atoms with van der Waals surface area (Å²) in [6.07, 6.45) is 0. The van der Waals surface area contributed by atoms with E-state index in [1.807, 2.05) is 43.3 Å². The summed E-state index contributed by atoms with van der Waals surface area (Å²) in [5.74, 6) is 0.457. The normalized spacial score (nSPS) is 10.3. The summed E-state index contributed by atoms with van der Waals surface area (Å²) in [7, 11) is 0. The van der Waals surface area contributed by atoms with Gasteiger partial charge in [0.25, 0.3) is 6.47 Å². The molecule has 0 aliphatic rings. The van der Waals surface area contributed by atoms with Crippen LogP contribution in [0.5, 0.6) is 5.75 Å². The zero-order chi connectivity index (χ0) is 14.7. The molecule has 1 aromatic heterocycles. The Bertz CT molecular complexity index is 766. The first-order chi connectivity index (χ1) is 10.3. The van der Waals surface area contributed by atoms with Crippen LogP contribution in [0.1, 0.15) is 5.69 Å². The second-order valence-electron chi connectivity index (χ2n) is 4.50. The molecule has 0 saturated heterocycles. The summed E-state index contributed by atoms with van der Waals surface area (Å²) in [6.45, 7) is 2.31. The predicted octanol–water partition coefficient (Wildman–Crippen LogP) is 2.78. The fraction of sp³-hybridized carbons (Fsp3) is 0.0625. The molecule has 0 saturated carbocycles. The SMILES string of the molecule is Cc1nn(-c2cccc(OC=O)c2)nc1-c1ccccc1. The third-order valence-electron chi connectivity index (χ3n) is 3.06. The average molecular weight is 279 g/mol. The van der Waals surface area contributed by atoms with Gasteiger partial charge in [0.2, 0.25) is 0 Å². The highest BCUT2D eigenvalue weighted by atomic mass is 16.5. The van der Waals surface area contributed by atoms with Crippen LogP contribution in [0.4, 0.5) is 0 Å². The second kappa shape index (κ2) is 5.58. The third-order valence-corrected chi connectivity index (χ3v) is 3.06. The minimum Gasteiger partial charge on any atom is -0.429 e. The van der Waals surface area contributed by atoms with Crippen molar-refractivity contribution >= 4 is 6.47 Å². The molecule has 0 aliphatic heterocycles. The van der Waals surface area contributed by atoms with E-state index >= 15 is 0 Å². The minimum atomic E-state index is 0.399. The first kappa shape index (κ1) is 13.1. The van der Waals surface area contributed by atoms with Gasteiger partial charge in [-0.05, 0) is 19.1 Å². The van der Waals surface area contributed by atoms with Gasteiger partial charge in [0.15, 0.2) is 0 Å². The van der Waals surface area contributed by atoms with Gasteiger partial charge in [-0.2, -0.15) is 9.90 Å². The Balaban J connectivity index is 2.01. The zero-order valence-electron chi connectivity index (χ0n) is 11.4. The molecule has 0 N–H and O–H groups in total. The van der Waals surface area contributed by atoms with Gasteiger partial charge in [0.1, 0.15) is 11.4 Å². The van der Waals surface area contributed by atoms with Crippen molar-refractivity contribution in [2.24, 2.45) is 0 Å². The van der Waals surface area contributed by atoms with E-state index < -0.39 is 0 Å². The number of aromatic nitrogens is 3. The fourth-order valence-electron chi connectivity index (χ4n) is 2.09. The maximum Gasteiger partial charge on any atom is 0.298 e. The van der Waals surface area contributed by atoms with E-state index in [2.05, 4.69) is 10.2 Å². The summed E-state index contributed by atoms with van der Waals surface area (Å²) in [6, 6.07) is 16.9. The van der Waals surface area contributed by atoms with Gasteiger partial charge < -0.3 is 4.74 Å². The van der Waals surface area contributed by atoms with Crippen LogP contribution in [0.25, 0.3) is 16.9 Å². The first-order valence-electron chi connectivity index (χ1n) is 6.48. The number of carbonyl (C=O) groups is 1. The van der Waals surface area contributed by atoms with Crippen molar-refractivity contribution in [3.05, 3.63) is 60.3 Å². The summed E-state index contributed by atoms with van der Waals surface area (Å²) in [4.78, 5) is 11.9. The van der Waals surface area contributed by atoms with Crippen LogP contribution in [0.15, 0.2) is 54.6 Å². The van der Waals surface area contributed by atoms with Crippen LogP contribution < -0.4 is 4.74 Å². The van der Waals surface area contributed by atoms with E-state index in [1.165, 1.54) is 4.80 Å². The lowest BCUT2D eigenvalue weighted by Gasteiger charge is -2.02. The van der Waals surface area contributed by atoms with Gasteiger partial charge in [-0.25, -0.2) is 0 Å². The monoisotopic (exact) mass is 279 g/mol. The minimum absolute atomic E-state index is 0.399. The van der Waals surface area contributed by atoms with Crippen LogP contribution >= 0.6 is 0 Å². The van der Waals surface area contributed by atoms with Gasteiger partial charge in [-0.15, -0.1) is 5.10 Å². The van der Waals surface area contributed by atoms with Crippen molar-refractivity contribution in [2.45, 2.75) is 6.92 Å². The van der Waals surface area contributed by atoms with Crippen molar-refractivity contribution in [1.82, 2.24) is 15.0 Å². The van der Waals surface area contributed by atoms with Gasteiger partial charge >= 0.3 is 0 Å². The Labute approximate surface area is 121 Å². The highest BCUT2D eigenvalue weighted by Gasteiger charge is 2.10. The van der Waals surface area contributed by atoms with E-state index in [1.54, 1.807) is 18.2 Å². The molecular weight excluding hydrogens is 266 g/mol. The van der Waals surface area contributed by atoms with Gasteiger partial charge in [0, 0.05) is 11.6 Å². The quantitative estimate of drug-likeness (QED) is 0.689. The number of nitrogens with zero attached hydrogens (tertiary/aromatic N) is 3. The lowest BCUT2D eigenvalue weighted by atomic mass is 10.1. The molecule has 5 nitrogen and oxygen atoms in total. The Morgan fingerprint density at radius 3 is 2.62 bits per heavy atom. The van der Waals surface area contributed by atoms with Crippen LogP contribution in [-0.4, -0.2) is 21.5 Å². The predicted molar refractivity (Wildman–Crippen MR) is 78.2 cm³/mol. The summed E-state index contributed by atoms with van der Waals surface area (Å²) in [5.41, 5.74) is 3.42. The van der Waals surface area contributed by atoms with Crippen LogP contribution in [0.2, 0.25) is 0 Å². The maximum absolute atomic E-state index is 10.4. The molecule has 0 unspecified atom stereocenters. The zero-order valence-corrected chi connectivity index (χ0v) is 11.4. The molecule has 0 bridgehead atoms. The Kier molecular flexibility index (Phi) is 3.47. The fourth-order valence-corrected chi connectivity index (χ4v) is 2.09. The molecule has 0 radical (unpaired) electrons. The highest BCUT2D eigenvalue weighted by Crippen LogP contribution is 2.21. The number of rotatable bonds is 4. The summed E-state index contributed by atoms with van der Waals surface area (Å²) in [5, 5.41) is 8.93. The molecule has 0 aliphatic carbocycles. The number of aryl methyl sites for hydroxylation is 1. The highest BCUT2D eigenvalue weighted by molar-refractivity contribution is 5.61. The van der Waals surface area contributed by atoms with E-state index in [0.29, 0.717) is 12.2 Å². The molecule has 3 rings (SSSR count). The lowest BCUT2D eigenvalue weighted by Crippen LogP contribution is -1.99. The second-order valence-corrected chi connectivity index (χ2v) is 4.50. The molecule has 21 heavy (non-hydrogen) atoms. The van der Waals surface area contributed by atoms with E-state index in [9.17, 15) is 4.79 Å². The van der Waals surface area contributed by atoms with Gasteiger partial charge in [-0.3, -0.25) is 4.79 Å². The van der Waals surface area contributed by atoms with E-state index in [4.69, 9.17) is 4.74 Å². The lowest BCUT2D eigenvalue weighted by molar-refractivity contribution is -0.120. The molecule has 104 valence electrons. The van der Waals surface area contributed by atoms with Gasteiger partial charge in [-0.1, -0.05) is 36.4 Å². The molecule has 2 aromatic carbocycles. The molecule has 5 heteroatoms. The number of carbonyl (C=O) groups excluding carboxylic acids is 1. The van der Waals surface area contributed by atoms with Crippen molar-refractivity contribution in [3.63, 3.8) is 0 Å². The molecule has 0 amide bonds. The molecule has 0 atom stereocenters. The van der Waals surface area contributed by atoms with Crippen molar-refractivity contribution in [2.75, 3.05) is 0 Å². The molecule has 1 heterocycles. The number of ether oxygens (including phenoxy) is 1. The van der Waals surface area contributed by atoms with Crippen LogP contribution in [0, 0.1) is 6.92 Å². The van der Waals surface area contributed by atoms with Crippen LogP contribution in [-0.2, 0) is 4.79 Å². The van der Waals surface area contributed by atoms with Crippen molar-refractivity contribution in [1.29, 1.82) is 0 Å². The maximum atomic E-state index is 10.4. The molecular formula is C16H13N3O2. The first-order valence-corrected chi connectivity index (χ1v) is 6.48. The summed E-state index contributed by atoms with van der Waals surface area (Å²) >= 11 is 0. The largest absolute Gasteiger partial charge is 0.429 e. The smallest absolute Gasteiger partial charge is 0.298 e. The Morgan fingerprint density at radius 2 is 1.86 bits per heavy atom. The number of benzene rings is 2. The van der Waals surface area contributed by atoms with Crippen molar-refractivity contribution < 1.29 is 9.53 Å². The van der Waals surface area contributed by atoms with Crippen molar-refractivity contribution in [3.8, 4) is 22.7 Å². The molecule has 3 aromatic rings. The third kappa shape index (κ3) is 2.67.